The molecule has 0 saturated heterocycles. The van der Waals surface area contributed by atoms with E-state index in [4.69, 9.17) is 9.84 Å². The monoisotopic (exact) mass is 266 g/mol. The highest BCUT2D eigenvalue weighted by Crippen LogP contribution is 2.20. The third kappa shape index (κ3) is 5.75. The molecule has 1 rings (SSSR count). The van der Waals surface area contributed by atoms with Gasteiger partial charge in [-0.2, -0.15) is 0 Å². The molecule has 2 N–H and O–H groups in total. The highest BCUT2D eigenvalue weighted by atomic mass is 16.5. The summed E-state index contributed by atoms with van der Waals surface area (Å²) < 4.78 is 5.52. The predicted octanol–water partition coefficient (Wildman–Crippen LogP) is 2.55. The lowest BCUT2D eigenvalue weighted by atomic mass is 10.1. The summed E-state index contributed by atoms with van der Waals surface area (Å²) in [5.41, 5.74) is 2.31. The first-order chi connectivity index (χ1) is 9.02. The van der Waals surface area contributed by atoms with Gasteiger partial charge >= 0.3 is 5.97 Å². The number of ether oxygens (including phenoxy) is 1. The van der Waals surface area contributed by atoms with E-state index in [1.165, 1.54) is 5.56 Å². The summed E-state index contributed by atoms with van der Waals surface area (Å²) in [4.78, 5) is 10.4. The van der Waals surface area contributed by atoms with Crippen LogP contribution in [0.15, 0.2) is 18.2 Å². The van der Waals surface area contributed by atoms with Crippen molar-refractivity contribution in [3.05, 3.63) is 29.3 Å². The minimum atomic E-state index is -0.904. The van der Waals surface area contributed by atoms with Gasteiger partial charge in [0.25, 0.3) is 0 Å². The molecule has 1 aromatic carbocycles. The number of aliphatic hydroxyl groups excluding tert-OH is 1. The molecule has 4 heteroatoms. The number of hydrogen-bond acceptors (Lipinski definition) is 3. The molecular formula is C15H22O4. The van der Waals surface area contributed by atoms with Crippen LogP contribution in [0, 0.1) is 6.92 Å². The molecular weight excluding hydrogens is 244 g/mol. The third-order valence-electron chi connectivity index (χ3n) is 2.90. The van der Waals surface area contributed by atoms with Gasteiger partial charge in [-0.05, 0) is 37.0 Å². The van der Waals surface area contributed by atoms with Crippen molar-refractivity contribution in [1.82, 2.24) is 0 Å². The Morgan fingerprint density at radius 2 is 2.16 bits per heavy atom. The maximum Gasteiger partial charge on any atom is 0.303 e. The van der Waals surface area contributed by atoms with Crippen LogP contribution in [0.4, 0.5) is 0 Å². The summed E-state index contributed by atoms with van der Waals surface area (Å²) in [7, 11) is 0. The zero-order valence-corrected chi connectivity index (χ0v) is 11.6. The standard InChI is InChI=1S/C15H22O4/c1-3-4-12-5-7-14(11(2)9-12)19-10-13(16)6-8-15(17)18/h5,7,9,13,16H,3-4,6,8,10H2,1-2H3,(H,17,18)/t13-/m0/s1. The molecule has 0 saturated carbocycles. The number of aryl methyl sites for hydroxylation is 2. The summed E-state index contributed by atoms with van der Waals surface area (Å²) in [5.74, 6) is -0.159. The lowest BCUT2D eigenvalue weighted by Crippen LogP contribution is -2.19. The van der Waals surface area contributed by atoms with Gasteiger partial charge in [0.2, 0.25) is 0 Å². The van der Waals surface area contributed by atoms with Gasteiger partial charge in [0, 0.05) is 6.42 Å². The summed E-state index contributed by atoms with van der Waals surface area (Å²) in [6, 6.07) is 6.02. The molecule has 19 heavy (non-hydrogen) atoms. The number of aliphatic hydroxyl groups is 1. The van der Waals surface area contributed by atoms with Gasteiger partial charge in [-0.3, -0.25) is 4.79 Å². The normalized spacial score (nSPS) is 12.2. The first-order valence-electron chi connectivity index (χ1n) is 6.65. The van der Waals surface area contributed by atoms with E-state index in [-0.39, 0.29) is 19.4 Å². The van der Waals surface area contributed by atoms with Gasteiger partial charge in [-0.25, -0.2) is 0 Å². The van der Waals surface area contributed by atoms with Crippen LogP contribution in [0.2, 0.25) is 0 Å². The smallest absolute Gasteiger partial charge is 0.303 e. The highest BCUT2D eigenvalue weighted by molar-refractivity contribution is 5.66. The summed E-state index contributed by atoms with van der Waals surface area (Å²) in [6.07, 6.45) is 1.57. The molecule has 1 aromatic rings. The van der Waals surface area contributed by atoms with Gasteiger partial charge in [0.1, 0.15) is 12.4 Å². The fraction of sp³-hybridized carbons (Fsp3) is 0.533. The highest BCUT2D eigenvalue weighted by Gasteiger charge is 2.09. The van der Waals surface area contributed by atoms with E-state index in [0.717, 1.165) is 24.2 Å². The van der Waals surface area contributed by atoms with E-state index in [2.05, 4.69) is 13.0 Å². The largest absolute Gasteiger partial charge is 0.491 e. The van der Waals surface area contributed by atoms with Crippen molar-refractivity contribution in [2.75, 3.05) is 6.61 Å². The van der Waals surface area contributed by atoms with E-state index < -0.39 is 12.1 Å². The zero-order valence-electron chi connectivity index (χ0n) is 11.6. The number of hydrogen-bond donors (Lipinski definition) is 2. The summed E-state index contributed by atoms with van der Waals surface area (Å²) >= 11 is 0. The fourth-order valence-electron chi connectivity index (χ4n) is 1.88. The molecule has 0 spiro atoms. The topological polar surface area (TPSA) is 66.8 Å². The molecule has 0 aliphatic carbocycles. The van der Waals surface area contributed by atoms with Gasteiger partial charge in [-0.15, -0.1) is 0 Å². The van der Waals surface area contributed by atoms with Crippen molar-refractivity contribution in [1.29, 1.82) is 0 Å². The molecule has 4 nitrogen and oxygen atoms in total. The molecule has 0 unspecified atom stereocenters. The molecule has 1 atom stereocenters. The van der Waals surface area contributed by atoms with E-state index in [9.17, 15) is 9.90 Å². The summed E-state index contributed by atoms with van der Waals surface area (Å²) in [5, 5.41) is 18.1. The van der Waals surface area contributed by atoms with E-state index >= 15 is 0 Å². The number of benzene rings is 1. The average molecular weight is 266 g/mol. The Bertz CT molecular complexity index is 415. The fourth-order valence-corrected chi connectivity index (χ4v) is 1.88. The van der Waals surface area contributed by atoms with Crippen molar-refractivity contribution >= 4 is 5.97 Å². The van der Waals surface area contributed by atoms with Crippen LogP contribution < -0.4 is 4.74 Å². The Labute approximate surface area is 114 Å². The molecule has 0 bridgehead atoms. The Kier molecular flexibility index (Phi) is 6.36. The van der Waals surface area contributed by atoms with Crippen molar-refractivity contribution in [2.24, 2.45) is 0 Å². The van der Waals surface area contributed by atoms with Gasteiger partial charge in [-0.1, -0.05) is 25.5 Å². The van der Waals surface area contributed by atoms with Crippen molar-refractivity contribution in [2.45, 2.75) is 45.6 Å². The van der Waals surface area contributed by atoms with Crippen molar-refractivity contribution < 1.29 is 19.7 Å². The zero-order chi connectivity index (χ0) is 14.3. The Balaban J connectivity index is 2.46. The molecule has 0 aromatic heterocycles. The van der Waals surface area contributed by atoms with Gasteiger partial charge < -0.3 is 14.9 Å². The van der Waals surface area contributed by atoms with Crippen LogP contribution in [0.3, 0.4) is 0 Å². The van der Waals surface area contributed by atoms with Crippen LogP contribution in [0.25, 0.3) is 0 Å². The number of carboxylic acids is 1. The van der Waals surface area contributed by atoms with Crippen LogP contribution in [0.5, 0.6) is 5.75 Å². The number of carboxylic acid groups (broad SMARTS) is 1. The van der Waals surface area contributed by atoms with Gasteiger partial charge in [0.05, 0.1) is 6.10 Å². The van der Waals surface area contributed by atoms with Crippen LogP contribution in [0.1, 0.15) is 37.3 Å². The first-order valence-corrected chi connectivity index (χ1v) is 6.65. The second-order valence-electron chi connectivity index (χ2n) is 4.75. The molecule has 0 aliphatic rings. The van der Waals surface area contributed by atoms with Crippen LogP contribution in [-0.4, -0.2) is 28.9 Å². The quantitative estimate of drug-likeness (QED) is 0.759. The number of aliphatic carboxylic acids is 1. The molecule has 0 fully saturated rings. The van der Waals surface area contributed by atoms with E-state index in [1.807, 2.05) is 19.1 Å². The Hall–Kier alpha value is -1.55. The first kappa shape index (κ1) is 15.5. The second kappa shape index (κ2) is 7.79. The average Bonchev–Trinajstić information content (AvgIpc) is 2.35. The maximum absolute atomic E-state index is 10.4. The second-order valence-corrected chi connectivity index (χ2v) is 4.75. The predicted molar refractivity (Wildman–Crippen MR) is 73.5 cm³/mol. The lowest BCUT2D eigenvalue weighted by Gasteiger charge is -2.14. The molecule has 0 amide bonds. The van der Waals surface area contributed by atoms with E-state index in [0.29, 0.717) is 0 Å². The summed E-state index contributed by atoms with van der Waals surface area (Å²) in [6.45, 7) is 4.23. The SMILES string of the molecule is CCCc1ccc(OC[C@@H](O)CCC(=O)O)c(C)c1. The number of rotatable bonds is 8. The van der Waals surface area contributed by atoms with Crippen molar-refractivity contribution in [3.63, 3.8) is 0 Å². The van der Waals surface area contributed by atoms with Crippen molar-refractivity contribution in [3.8, 4) is 5.75 Å². The van der Waals surface area contributed by atoms with Crippen LogP contribution in [-0.2, 0) is 11.2 Å². The minimum Gasteiger partial charge on any atom is -0.491 e. The van der Waals surface area contributed by atoms with E-state index in [1.54, 1.807) is 0 Å². The Morgan fingerprint density at radius 3 is 2.74 bits per heavy atom. The lowest BCUT2D eigenvalue weighted by molar-refractivity contribution is -0.137. The molecule has 0 radical (unpaired) electrons. The molecule has 106 valence electrons. The number of carbonyl (C=O) groups is 1. The Morgan fingerprint density at radius 1 is 1.42 bits per heavy atom. The van der Waals surface area contributed by atoms with Gasteiger partial charge in [0.15, 0.2) is 0 Å². The molecule has 0 heterocycles. The van der Waals surface area contributed by atoms with Crippen LogP contribution >= 0.6 is 0 Å². The maximum atomic E-state index is 10.4. The third-order valence-corrected chi connectivity index (χ3v) is 2.90. The minimum absolute atomic E-state index is 0.0427. The molecule has 0 aliphatic heterocycles.